The van der Waals surface area contributed by atoms with Gasteiger partial charge < -0.3 is 14.8 Å². The number of hydrogen-bond donors (Lipinski definition) is 2. The normalized spacial score (nSPS) is 11.1. The van der Waals surface area contributed by atoms with E-state index in [1.54, 1.807) is 12.1 Å². The molecule has 0 bridgehead atoms. The molecule has 1 heterocycles. The molecule has 0 aliphatic carbocycles. The van der Waals surface area contributed by atoms with E-state index in [2.05, 4.69) is 18.4 Å². The zero-order valence-corrected chi connectivity index (χ0v) is 11.3. The first-order valence-electron chi connectivity index (χ1n) is 6.56. The van der Waals surface area contributed by atoms with Gasteiger partial charge in [0.2, 0.25) is 0 Å². The van der Waals surface area contributed by atoms with E-state index in [1.807, 2.05) is 6.07 Å². The number of rotatable bonds is 5. The number of hydrogen-bond acceptors (Lipinski definition) is 2. The summed E-state index contributed by atoms with van der Waals surface area (Å²) in [5.41, 5.74) is 3.69. The summed E-state index contributed by atoms with van der Waals surface area (Å²) in [4.78, 5) is 11.1. The van der Waals surface area contributed by atoms with Gasteiger partial charge in [0.1, 0.15) is 0 Å². The van der Waals surface area contributed by atoms with E-state index in [1.165, 1.54) is 0 Å². The van der Waals surface area contributed by atoms with E-state index in [4.69, 9.17) is 10.2 Å². The lowest BCUT2D eigenvalue weighted by molar-refractivity contribution is 0.0697. The molecule has 2 N–H and O–H groups in total. The molecule has 1 aromatic heterocycles. The quantitative estimate of drug-likeness (QED) is 0.869. The van der Waals surface area contributed by atoms with Gasteiger partial charge >= 0.3 is 5.97 Å². The Morgan fingerprint density at radius 1 is 1.37 bits per heavy atom. The average molecular weight is 261 g/mol. The second-order valence-corrected chi connectivity index (χ2v) is 4.67. The van der Waals surface area contributed by atoms with Crippen LogP contribution in [0, 0.1) is 6.92 Å². The third-order valence-electron chi connectivity index (χ3n) is 3.60. The van der Waals surface area contributed by atoms with Gasteiger partial charge in [-0.1, -0.05) is 0 Å². The Kier molecular flexibility index (Phi) is 3.90. The summed E-state index contributed by atoms with van der Waals surface area (Å²) in [6, 6.07) is 5.26. The number of aromatic carboxylic acids is 1. The molecule has 4 nitrogen and oxygen atoms in total. The number of nitrogens with zero attached hydrogens (tertiary/aromatic N) is 1. The van der Waals surface area contributed by atoms with Crippen LogP contribution in [0.3, 0.4) is 0 Å². The van der Waals surface area contributed by atoms with Crippen LogP contribution in [-0.4, -0.2) is 27.4 Å². The second kappa shape index (κ2) is 5.45. The van der Waals surface area contributed by atoms with Crippen LogP contribution < -0.4 is 0 Å². The van der Waals surface area contributed by atoms with Crippen molar-refractivity contribution in [2.75, 3.05) is 6.61 Å². The smallest absolute Gasteiger partial charge is 0.335 e. The molecule has 0 aliphatic rings. The van der Waals surface area contributed by atoms with Crippen molar-refractivity contribution in [2.45, 2.75) is 33.2 Å². The first-order valence-corrected chi connectivity index (χ1v) is 6.56. The van der Waals surface area contributed by atoms with Gasteiger partial charge in [-0.2, -0.15) is 0 Å². The van der Waals surface area contributed by atoms with Gasteiger partial charge in [-0.15, -0.1) is 0 Å². The predicted molar refractivity (Wildman–Crippen MR) is 74.7 cm³/mol. The Balaban J connectivity index is 2.65. The van der Waals surface area contributed by atoms with E-state index in [0.717, 1.165) is 35.1 Å². The third-order valence-corrected chi connectivity index (χ3v) is 3.60. The van der Waals surface area contributed by atoms with E-state index >= 15 is 0 Å². The number of benzene rings is 1. The molecular weight excluding hydrogens is 242 g/mol. The summed E-state index contributed by atoms with van der Waals surface area (Å²) in [7, 11) is 0. The van der Waals surface area contributed by atoms with Gasteiger partial charge in [-0.05, 0) is 50.5 Å². The Morgan fingerprint density at radius 3 is 2.68 bits per heavy atom. The van der Waals surface area contributed by atoms with Gasteiger partial charge in [-0.25, -0.2) is 4.79 Å². The predicted octanol–water partition coefficient (Wildman–Crippen LogP) is 2.59. The highest BCUT2D eigenvalue weighted by molar-refractivity contribution is 5.95. The minimum atomic E-state index is -0.906. The molecule has 0 amide bonds. The molecule has 2 rings (SSSR count). The number of aliphatic hydroxyl groups excluding tert-OH is 1. The number of aryl methyl sites for hydroxylation is 2. The summed E-state index contributed by atoms with van der Waals surface area (Å²) in [5, 5.41) is 19.1. The Morgan fingerprint density at radius 2 is 2.11 bits per heavy atom. The maximum Gasteiger partial charge on any atom is 0.335 e. The van der Waals surface area contributed by atoms with Gasteiger partial charge in [0, 0.05) is 29.7 Å². The number of carboxylic acids is 1. The number of aromatic nitrogens is 1. The zero-order chi connectivity index (χ0) is 14.0. The minimum absolute atomic E-state index is 0.150. The molecule has 0 spiro atoms. The van der Waals surface area contributed by atoms with Crippen molar-refractivity contribution in [3.8, 4) is 0 Å². The molecule has 102 valence electrons. The molecular formula is C15H19NO3. The molecule has 0 saturated carbocycles. The van der Waals surface area contributed by atoms with E-state index in [0.29, 0.717) is 12.0 Å². The fourth-order valence-corrected chi connectivity index (χ4v) is 2.66. The Bertz CT molecular complexity index is 613. The van der Waals surface area contributed by atoms with Crippen LogP contribution in [0.1, 0.15) is 35.0 Å². The van der Waals surface area contributed by atoms with Crippen LogP contribution in [-0.2, 0) is 13.0 Å². The lowest BCUT2D eigenvalue weighted by Gasteiger charge is -2.04. The zero-order valence-electron chi connectivity index (χ0n) is 11.3. The molecule has 19 heavy (non-hydrogen) atoms. The fraction of sp³-hybridized carbons (Fsp3) is 0.400. The average Bonchev–Trinajstić information content (AvgIpc) is 2.67. The van der Waals surface area contributed by atoms with Crippen molar-refractivity contribution in [3.05, 3.63) is 35.0 Å². The molecule has 1 aromatic carbocycles. The van der Waals surface area contributed by atoms with Crippen LogP contribution >= 0.6 is 0 Å². The summed E-state index contributed by atoms with van der Waals surface area (Å²) in [6.45, 7) is 5.13. The highest BCUT2D eigenvalue weighted by Crippen LogP contribution is 2.28. The van der Waals surface area contributed by atoms with Crippen molar-refractivity contribution in [3.63, 3.8) is 0 Å². The summed E-state index contributed by atoms with van der Waals surface area (Å²) < 4.78 is 2.19. The molecule has 0 unspecified atom stereocenters. The monoisotopic (exact) mass is 261 g/mol. The van der Waals surface area contributed by atoms with Crippen LogP contribution in [0.25, 0.3) is 10.9 Å². The van der Waals surface area contributed by atoms with Crippen molar-refractivity contribution >= 4 is 16.9 Å². The number of aliphatic hydroxyl groups is 1. The van der Waals surface area contributed by atoms with Gasteiger partial charge in [0.05, 0.1) is 5.56 Å². The fourth-order valence-electron chi connectivity index (χ4n) is 2.66. The SMILES string of the molecule is CCn1c(C)c(CCCO)c2cc(C(=O)O)ccc21. The third kappa shape index (κ3) is 2.36. The molecule has 0 radical (unpaired) electrons. The van der Waals surface area contributed by atoms with Crippen LogP contribution in [0.15, 0.2) is 18.2 Å². The summed E-state index contributed by atoms with van der Waals surface area (Å²) in [6.07, 6.45) is 1.47. The number of carbonyl (C=O) groups is 1. The van der Waals surface area contributed by atoms with Crippen molar-refractivity contribution in [1.29, 1.82) is 0 Å². The van der Waals surface area contributed by atoms with E-state index in [-0.39, 0.29) is 6.61 Å². The molecule has 0 atom stereocenters. The van der Waals surface area contributed by atoms with Gasteiger partial charge in [0.25, 0.3) is 0 Å². The second-order valence-electron chi connectivity index (χ2n) is 4.67. The standard InChI is InChI=1S/C15H19NO3/c1-3-16-10(2)12(5-4-8-17)13-9-11(15(18)19)6-7-14(13)16/h6-7,9,17H,3-5,8H2,1-2H3,(H,18,19). The molecule has 4 heteroatoms. The highest BCUT2D eigenvalue weighted by Gasteiger charge is 2.14. The van der Waals surface area contributed by atoms with Crippen molar-refractivity contribution in [1.82, 2.24) is 4.57 Å². The molecule has 0 saturated heterocycles. The maximum absolute atomic E-state index is 11.1. The van der Waals surface area contributed by atoms with Crippen molar-refractivity contribution in [2.24, 2.45) is 0 Å². The minimum Gasteiger partial charge on any atom is -0.478 e. The Labute approximate surface area is 112 Å². The van der Waals surface area contributed by atoms with Crippen LogP contribution in [0.4, 0.5) is 0 Å². The largest absolute Gasteiger partial charge is 0.478 e. The van der Waals surface area contributed by atoms with Gasteiger partial charge in [-0.3, -0.25) is 0 Å². The first-order chi connectivity index (χ1) is 9.10. The van der Waals surface area contributed by atoms with Crippen LogP contribution in [0.5, 0.6) is 0 Å². The number of fused-ring (bicyclic) bond motifs is 1. The summed E-state index contributed by atoms with van der Waals surface area (Å²) >= 11 is 0. The first kappa shape index (κ1) is 13.6. The molecule has 0 aliphatic heterocycles. The van der Waals surface area contributed by atoms with Gasteiger partial charge in [0.15, 0.2) is 0 Å². The Hall–Kier alpha value is -1.81. The lowest BCUT2D eigenvalue weighted by Crippen LogP contribution is -1.98. The van der Waals surface area contributed by atoms with E-state index in [9.17, 15) is 4.79 Å². The molecule has 0 fully saturated rings. The van der Waals surface area contributed by atoms with Crippen LogP contribution in [0.2, 0.25) is 0 Å². The highest BCUT2D eigenvalue weighted by atomic mass is 16.4. The maximum atomic E-state index is 11.1. The summed E-state index contributed by atoms with van der Waals surface area (Å²) in [5.74, 6) is -0.906. The molecule has 2 aromatic rings. The lowest BCUT2D eigenvalue weighted by atomic mass is 10.0. The number of carboxylic acid groups (broad SMARTS) is 1. The van der Waals surface area contributed by atoms with E-state index < -0.39 is 5.97 Å². The van der Waals surface area contributed by atoms with Crippen molar-refractivity contribution < 1.29 is 15.0 Å². The topological polar surface area (TPSA) is 62.5 Å².